The third kappa shape index (κ3) is 4.52. The maximum absolute atomic E-state index is 11.3. The van der Waals surface area contributed by atoms with E-state index in [9.17, 15) is 29.7 Å². The maximum Gasteiger partial charge on any atom is 0.335 e. The Morgan fingerprint density at radius 1 is 0.647 bits per heavy atom. The number of benzene rings is 3. The number of allylic oxidation sites excluding steroid dienone is 4. The fourth-order valence-electron chi connectivity index (χ4n) is 4.23. The largest absolute Gasteiger partial charge is 0.478 e. The first kappa shape index (κ1) is 22.7. The average molecular weight is 454 g/mol. The molecule has 0 aromatic heterocycles. The molecule has 3 N–H and O–H groups in total. The van der Waals surface area contributed by atoms with Crippen LogP contribution in [0.4, 0.5) is 0 Å². The molecule has 0 fully saturated rings. The van der Waals surface area contributed by atoms with Gasteiger partial charge in [0.1, 0.15) is 0 Å². The number of hydrogen-bond acceptors (Lipinski definition) is 3. The van der Waals surface area contributed by atoms with Crippen molar-refractivity contribution in [3.63, 3.8) is 0 Å². The Kier molecular flexibility index (Phi) is 5.90. The van der Waals surface area contributed by atoms with Gasteiger partial charge >= 0.3 is 17.9 Å². The van der Waals surface area contributed by atoms with Crippen LogP contribution in [-0.2, 0) is 5.41 Å². The summed E-state index contributed by atoms with van der Waals surface area (Å²) in [7, 11) is 0. The highest BCUT2D eigenvalue weighted by molar-refractivity contribution is 5.92. The van der Waals surface area contributed by atoms with Gasteiger partial charge in [-0.3, -0.25) is 0 Å². The molecule has 0 spiro atoms. The number of rotatable bonds is 6. The third-order valence-electron chi connectivity index (χ3n) is 6.12. The molecular formula is C28H22O6. The molecule has 4 rings (SSSR count). The van der Waals surface area contributed by atoms with Crippen LogP contribution >= 0.6 is 0 Å². The average Bonchev–Trinajstić information content (AvgIpc) is 2.84. The Hall–Kier alpha value is -4.45. The first-order valence-corrected chi connectivity index (χ1v) is 10.6. The lowest BCUT2D eigenvalue weighted by Crippen LogP contribution is -2.23. The molecular weight excluding hydrogens is 432 g/mol. The number of hydrogen-bond donors (Lipinski definition) is 3. The van der Waals surface area contributed by atoms with Gasteiger partial charge in [0.15, 0.2) is 0 Å². The molecule has 34 heavy (non-hydrogen) atoms. The molecule has 6 heteroatoms. The summed E-state index contributed by atoms with van der Waals surface area (Å²) in [6.45, 7) is 2.06. The zero-order valence-corrected chi connectivity index (χ0v) is 18.4. The van der Waals surface area contributed by atoms with Crippen molar-refractivity contribution in [3.8, 4) is 0 Å². The molecule has 1 aliphatic rings. The summed E-state index contributed by atoms with van der Waals surface area (Å²) in [4.78, 5) is 33.8. The van der Waals surface area contributed by atoms with Crippen LogP contribution in [0.2, 0.25) is 0 Å². The molecule has 170 valence electrons. The second-order valence-electron chi connectivity index (χ2n) is 8.51. The minimum atomic E-state index is -0.998. The fraction of sp³-hybridized carbons (Fsp3) is 0.107. The predicted molar refractivity (Wildman–Crippen MR) is 128 cm³/mol. The Morgan fingerprint density at radius 3 is 1.50 bits per heavy atom. The van der Waals surface area contributed by atoms with Gasteiger partial charge in [-0.15, -0.1) is 0 Å². The van der Waals surface area contributed by atoms with Crippen molar-refractivity contribution in [2.24, 2.45) is 0 Å². The summed E-state index contributed by atoms with van der Waals surface area (Å²) in [6, 6.07) is 20.1. The normalized spacial score (nSPS) is 17.4. The lowest BCUT2D eigenvalue weighted by Gasteiger charge is -2.33. The summed E-state index contributed by atoms with van der Waals surface area (Å²) in [5.41, 5.74) is 4.66. The van der Waals surface area contributed by atoms with Gasteiger partial charge in [-0.1, -0.05) is 55.5 Å². The Balaban J connectivity index is 1.80. The van der Waals surface area contributed by atoms with Crippen LogP contribution in [0.25, 0.3) is 11.1 Å². The lowest BCUT2D eigenvalue weighted by molar-refractivity contribution is 0.0686. The highest BCUT2D eigenvalue weighted by Crippen LogP contribution is 2.43. The van der Waals surface area contributed by atoms with Gasteiger partial charge in [-0.05, 0) is 70.7 Å². The monoisotopic (exact) mass is 454 g/mol. The third-order valence-corrected chi connectivity index (χ3v) is 6.12. The molecule has 1 unspecified atom stereocenters. The summed E-state index contributed by atoms with van der Waals surface area (Å²) >= 11 is 0. The molecule has 0 aliphatic heterocycles. The summed E-state index contributed by atoms with van der Waals surface area (Å²) < 4.78 is 0. The molecule has 3 aromatic rings. The van der Waals surface area contributed by atoms with E-state index < -0.39 is 23.3 Å². The molecule has 0 saturated carbocycles. The first-order chi connectivity index (χ1) is 16.2. The van der Waals surface area contributed by atoms with Gasteiger partial charge in [0.2, 0.25) is 0 Å². The molecule has 0 bridgehead atoms. The van der Waals surface area contributed by atoms with Crippen molar-refractivity contribution in [3.05, 3.63) is 118 Å². The minimum absolute atomic E-state index is 0.195. The van der Waals surface area contributed by atoms with Crippen molar-refractivity contribution in [2.75, 3.05) is 0 Å². The molecule has 0 saturated heterocycles. The van der Waals surface area contributed by atoms with Gasteiger partial charge in [0.05, 0.1) is 16.7 Å². The molecule has 3 aromatic carbocycles. The van der Waals surface area contributed by atoms with Crippen LogP contribution in [0.3, 0.4) is 0 Å². The van der Waals surface area contributed by atoms with Crippen molar-refractivity contribution >= 4 is 29.1 Å². The van der Waals surface area contributed by atoms with Crippen LogP contribution in [0.15, 0.2) is 84.9 Å². The predicted octanol–water partition coefficient (Wildman–Crippen LogP) is 5.61. The van der Waals surface area contributed by atoms with Crippen LogP contribution in [0.1, 0.15) is 61.1 Å². The zero-order chi connectivity index (χ0) is 24.5. The number of carboxylic acids is 3. The Labute approximate surface area is 196 Å². The van der Waals surface area contributed by atoms with Crippen molar-refractivity contribution < 1.29 is 29.7 Å². The van der Waals surface area contributed by atoms with Crippen LogP contribution in [0.5, 0.6) is 0 Å². The standard InChI is InChI=1S/C28H22O6/c1-28(24-12-10-21(11-13-24)27(33)34)15-22(17-2-6-19(7-3-17)25(29)30)14-23(16-28)18-4-8-20(9-5-18)26(31)32/h2-15H,16H2,1H3,(H,29,30)(H,31,32)(H,33,34). The van der Waals surface area contributed by atoms with Crippen LogP contribution < -0.4 is 0 Å². The molecule has 0 heterocycles. The minimum Gasteiger partial charge on any atom is -0.478 e. The quantitative estimate of drug-likeness (QED) is 0.446. The number of aromatic carboxylic acids is 3. The highest BCUT2D eigenvalue weighted by Gasteiger charge is 2.30. The Morgan fingerprint density at radius 2 is 1.06 bits per heavy atom. The van der Waals surface area contributed by atoms with Gasteiger partial charge < -0.3 is 15.3 Å². The number of carboxylic acid groups (broad SMARTS) is 3. The first-order valence-electron chi connectivity index (χ1n) is 10.6. The van der Waals surface area contributed by atoms with Gasteiger partial charge in [-0.2, -0.15) is 0 Å². The molecule has 6 nitrogen and oxygen atoms in total. The van der Waals surface area contributed by atoms with E-state index >= 15 is 0 Å². The van der Waals surface area contributed by atoms with Gasteiger partial charge in [-0.25, -0.2) is 14.4 Å². The second kappa shape index (κ2) is 8.83. The van der Waals surface area contributed by atoms with Crippen LogP contribution in [-0.4, -0.2) is 33.2 Å². The van der Waals surface area contributed by atoms with Crippen molar-refractivity contribution in [1.82, 2.24) is 0 Å². The maximum atomic E-state index is 11.3. The summed E-state index contributed by atoms with van der Waals surface area (Å²) in [5, 5.41) is 27.7. The van der Waals surface area contributed by atoms with Crippen molar-refractivity contribution in [1.29, 1.82) is 0 Å². The zero-order valence-electron chi connectivity index (χ0n) is 18.4. The molecule has 1 aliphatic carbocycles. The smallest absolute Gasteiger partial charge is 0.335 e. The van der Waals surface area contributed by atoms with Gasteiger partial charge in [0, 0.05) is 5.41 Å². The van der Waals surface area contributed by atoms with E-state index in [1.807, 2.05) is 18.2 Å². The Bertz CT molecular complexity index is 1330. The summed E-state index contributed by atoms with van der Waals surface area (Å²) in [5.74, 6) is -2.98. The fourth-order valence-corrected chi connectivity index (χ4v) is 4.23. The van der Waals surface area contributed by atoms with E-state index in [2.05, 4.69) is 13.0 Å². The van der Waals surface area contributed by atoms with E-state index in [-0.39, 0.29) is 16.7 Å². The van der Waals surface area contributed by atoms with E-state index in [1.54, 1.807) is 60.7 Å². The van der Waals surface area contributed by atoms with Crippen LogP contribution in [0, 0.1) is 0 Å². The van der Waals surface area contributed by atoms with Crippen molar-refractivity contribution in [2.45, 2.75) is 18.8 Å². The highest BCUT2D eigenvalue weighted by atomic mass is 16.4. The van der Waals surface area contributed by atoms with E-state index in [4.69, 9.17) is 0 Å². The summed E-state index contributed by atoms with van der Waals surface area (Å²) in [6.07, 6.45) is 4.75. The van der Waals surface area contributed by atoms with E-state index in [1.165, 1.54) is 0 Å². The topological polar surface area (TPSA) is 112 Å². The second-order valence-corrected chi connectivity index (χ2v) is 8.51. The molecule has 0 amide bonds. The number of carbonyl (C=O) groups is 3. The molecule has 0 radical (unpaired) electrons. The van der Waals surface area contributed by atoms with E-state index in [0.29, 0.717) is 6.42 Å². The molecule has 1 atom stereocenters. The lowest BCUT2D eigenvalue weighted by atomic mass is 9.70. The van der Waals surface area contributed by atoms with E-state index in [0.717, 1.165) is 27.8 Å². The van der Waals surface area contributed by atoms with Gasteiger partial charge in [0.25, 0.3) is 0 Å². The SMILES string of the molecule is CC1(c2ccc(C(=O)O)cc2)C=C(c2ccc(C(=O)O)cc2)C=C(c2ccc(C(=O)O)cc2)C1.